The normalized spacial score (nSPS) is 13.8. The summed E-state index contributed by atoms with van der Waals surface area (Å²) in [5.74, 6) is -1.46. The summed E-state index contributed by atoms with van der Waals surface area (Å²) < 4.78 is 0. The first-order valence-corrected chi connectivity index (χ1v) is 6.44. The van der Waals surface area contributed by atoms with Crippen molar-refractivity contribution in [1.82, 2.24) is 5.32 Å². The molecule has 6 heteroatoms. The van der Waals surface area contributed by atoms with Crippen LogP contribution in [0, 0.1) is 0 Å². The Kier molecular flexibility index (Phi) is 4.34. The minimum Gasteiger partial charge on any atom is -0.480 e. The first-order chi connectivity index (χ1) is 9.58. The number of aliphatic carboxylic acids is 1. The van der Waals surface area contributed by atoms with Crippen molar-refractivity contribution < 1.29 is 19.5 Å². The number of amides is 2. The second-order valence-electron chi connectivity index (χ2n) is 4.59. The molecule has 2 N–H and O–H groups in total. The van der Waals surface area contributed by atoms with Gasteiger partial charge in [-0.05, 0) is 18.1 Å². The van der Waals surface area contributed by atoms with Gasteiger partial charge in [-0.15, -0.1) is 0 Å². The zero-order valence-corrected chi connectivity index (χ0v) is 11.0. The molecule has 0 saturated carbocycles. The van der Waals surface area contributed by atoms with Crippen molar-refractivity contribution in [3.05, 3.63) is 29.8 Å². The van der Waals surface area contributed by atoms with Gasteiger partial charge in [-0.3, -0.25) is 14.4 Å². The van der Waals surface area contributed by atoms with E-state index in [4.69, 9.17) is 5.11 Å². The molecule has 0 unspecified atom stereocenters. The minimum absolute atomic E-state index is 0.00488. The molecule has 2 amide bonds. The quantitative estimate of drug-likeness (QED) is 0.822. The van der Waals surface area contributed by atoms with Gasteiger partial charge in [0.25, 0.3) is 0 Å². The number of carbonyl (C=O) groups excluding carboxylic acids is 2. The highest BCUT2D eigenvalue weighted by Crippen LogP contribution is 2.27. The molecule has 106 valence electrons. The van der Waals surface area contributed by atoms with E-state index in [1.165, 1.54) is 0 Å². The average Bonchev–Trinajstić information content (AvgIpc) is 2.44. The van der Waals surface area contributed by atoms with Crippen molar-refractivity contribution in [2.45, 2.75) is 19.3 Å². The number of hydrogen-bond donors (Lipinski definition) is 2. The van der Waals surface area contributed by atoms with Crippen LogP contribution >= 0.6 is 0 Å². The molecule has 6 nitrogen and oxygen atoms in total. The number of para-hydroxylation sites is 1. The SMILES string of the molecule is O=C(O)CNC(=O)CCN1C(=O)CCc2ccccc21. The molecule has 1 aromatic rings. The van der Waals surface area contributed by atoms with E-state index in [2.05, 4.69) is 5.32 Å². The number of carboxylic acids is 1. The Morgan fingerprint density at radius 2 is 2.00 bits per heavy atom. The highest BCUT2D eigenvalue weighted by atomic mass is 16.4. The summed E-state index contributed by atoms with van der Waals surface area (Å²) in [6.07, 6.45) is 1.25. The van der Waals surface area contributed by atoms with Crippen LogP contribution in [0.2, 0.25) is 0 Å². The lowest BCUT2D eigenvalue weighted by Gasteiger charge is -2.29. The molecule has 0 bridgehead atoms. The fraction of sp³-hybridized carbons (Fsp3) is 0.357. The largest absolute Gasteiger partial charge is 0.480 e. The molecule has 0 saturated heterocycles. The van der Waals surface area contributed by atoms with Gasteiger partial charge in [-0.1, -0.05) is 18.2 Å². The van der Waals surface area contributed by atoms with E-state index in [9.17, 15) is 14.4 Å². The van der Waals surface area contributed by atoms with Crippen molar-refractivity contribution in [2.24, 2.45) is 0 Å². The number of rotatable bonds is 5. The third kappa shape index (κ3) is 3.34. The fourth-order valence-electron chi connectivity index (χ4n) is 2.22. The lowest BCUT2D eigenvalue weighted by molar-refractivity contribution is -0.138. The number of carbonyl (C=O) groups is 3. The molecule has 1 aliphatic rings. The Morgan fingerprint density at radius 3 is 2.75 bits per heavy atom. The zero-order chi connectivity index (χ0) is 14.5. The summed E-state index contributed by atoms with van der Waals surface area (Å²) in [5, 5.41) is 10.8. The van der Waals surface area contributed by atoms with Crippen LogP contribution in [0.15, 0.2) is 24.3 Å². The lowest BCUT2D eigenvalue weighted by atomic mass is 10.0. The van der Waals surface area contributed by atoms with Crippen LogP contribution in [0.5, 0.6) is 0 Å². The van der Waals surface area contributed by atoms with Crippen LogP contribution in [0.3, 0.4) is 0 Å². The summed E-state index contributed by atoms with van der Waals surface area (Å²) in [6, 6.07) is 7.61. The van der Waals surface area contributed by atoms with Gasteiger partial charge in [0.1, 0.15) is 6.54 Å². The third-order valence-electron chi connectivity index (χ3n) is 3.19. The summed E-state index contributed by atoms with van der Waals surface area (Å²) >= 11 is 0. The van der Waals surface area contributed by atoms with Crippen LogP contribution in [-0.2, 0) is 20.8 Å². The molecule has 2 rings (SSSR count). The van der Waals surface area contributed by atoms with Crippen molar-refractivity contribution >= 4 is 23.5 Å². The molecule has 0 aromatic heterocycles. The Morgan fingerprint density at radius 1 is 1.25 bits per heavy atom. The molecule has 0 fully saturated rings. The number of nitrogens with zero attached hydrogens (tertiary/aromatic N) is 1. The molecule has 1 aromatic carbocycles. The van der Waals surface area contributed by atoms with Crippen LogP contribution < -0.4 is 10.2 Å². The van der Waals surface area contributed by atoms with Gasteiger partial charge >= 0.3 is 5.97 Å². The van der Waals surface area contributed by atoms with E-state index in [0.29, 0.717) is 6.42 Å². The smallest absolute Gasteiger partial charge is 0.322 e. The molecular formula is C14H16N2O4. The molecule has 0 aliphatic carbocycles. The van der Waals surface area contributed by atoms with Gasteiger partial charge in [-0.25, -0.2) is 0 Å². The van der Waals surface area contributed by atoms with Crippen LogP contribution in [0.1, 0.15) is 18.4 Å². The van der Waals surface area contributed by atoms with Crippen molar-refractivity contribution in [3.63, 3.8) is 0 Å². The molecule has 0 radical (unpaired) electrons. The van der Waals surface area contributed by atoms with Crippen LogP contribution in [0.4, 0.5) is 5.69 Å². The topological polar surface area (TPSA) is 86.7 Å². The molecule has 0 spiro atoms. The van der Waals surface area contributed by atoms with E-state index in [1.54, 1.807) is 4.90 Å². The van der Waals surface area contributed by atoms with E-state index in [0.717, 1.165) is 17.7 Å². The zero-order valence-electron chi connectivity index (χ0n) is 11.0. The summed E-state index contributed by atoms with van der Waals surface area (Å²) in [5.41, 5.74) is 1.94. The molecule has 20 heavy (non-hydrogen) atoms. The maximum atomic E-state index is 11.9. The molecule has 1 aliphatic heterocycles. The standard InChI is InChI=1S/C14H16N2O4/c17-12(15-9-14(19)20)7-8-16-11-4-2-1-3-10(11)5-6-13(16)18/h1-4H,5-9H2,(H,15,17)(H,19,20). The Hall–Kier alpha value is -2.37. The number of benzene rings is 1. The lowest BCUT2D eigenvalue weighted by Crippen LogP contribution is -2.38. The number of hydrogen-bond acceptors (Lipinski definition) is 3. The number of anilines is 1. The maximum absolute atomic E-state index is 11.9. The number of fused-ring (bicyclic) bond motifs is 1. The predicted octanol–water partition coefficient (Wildman–Crippen LogP) is 0.557. The average molecular weight is 276 g/mol. The Labute approximate surface area is 116 Å². The van der Waals surface area contributed by atoms with Crippen LogP contribution in [0.25, 0.3) is 0 Å². The second-order valence-corrected chi connectivity index (χ2v) is 4.59. The maximum Gasteiger partial charge on any atom is 0.322 e. The number of nitrogens with one attached hydrogen (secondary N) is 1. The van der Waals surface area contributed by atoms with Crippen molar-refractivity contribution in [2.75, 3.05) is 18.0 Å². The first-order valence-electron chi connectivity index (χ1n) is 6.44. The fourth-order valence-corrected chi connectivity index (χ4v) is 2.22. The van der Waals surface area contributed by atoms with E-state index in [1.807, 2.05) is 24.3 Å². The third-order valence-corrected chi connectivity index (χ3v) is 3.19. The van der Waals surface area contributed by atoms with Gasteiger partial charge in [0, 0.05) is 25.1 Å². The summed E-state index contributed by atoms with van der Waals surface area (Å²) in [7, 11) is 0. The van der Waals surface area contributed by atoms with E-state index >= 15 is 0 Å². The second kappa shape index (κ2) is 6.18. The van der Waals surface area contributed by atoms with Crippen molar-refractivity contribution in [1.29, 1.82) is 0 Å². The summed E-state index contributed by atoms with van der Waals surface area (Å²) in [6.45, 7) is -0.134. The molecule has 1 heterocycles. The Bertz CT molecular complexity index is 542. The first kappa shape index (κ1) is 14.0. The van der Waals surface area contributed by atoms with Crippen LogP contribution in [-0.4, -0.2) is 36.0 Å². The summed E-state index contributed by atoms with van der Waals surface area (Å²) in [4.78, 5) is 35.4. The monoisotopic (exact) mass is 276 g/mol. The van der Waals surface area contributed by atoms with Crippen molar-refractivity contribution in [3.8, 4) is 0 Å². The number of aryl methyl sites for hydroxylation is 1. The molecular weight excluding hydrogens is 260 g/mol. The molecule has 0 atom stereocenters. The van der Waals surface area contributed by atoms with E-state index in [-0.39, 0.29) is 24.8 Å². The van der Waals surface area contributed by atoms with Gasteiger partial charge in [0.05, 0.1) is 0 Å². The predicted molar refractivity (Wildman–Crippen MR) is 72.4 cm³/mol. The van der Waals surface area contributed by atoms with Gasteiger partial charge in [0.2, 0.25) is 11.8 Å². The number of carboxylic acid groups (broad SMARTS) is 1. The highest BCUT2D eigenvalue weighted by Gasteiger charge is 2.23. The minimum atomic E-state index is -1.09. The van der Waals surface area contributed by atoms with E-state index < -0.39 is 12.5 Å². The van der Waals surface area contributed by atoms with Gasteiger partial charge < -0.3 is 15.3 Å². The van der Waals surface area contributed by atoms with Gasteiger partial charge in [0.15, 0.2) is 0 Å². The Balaban J connectivity index is 1.97. The highest BCUT2D eigenvalue weighted by molar-refractivity contribution is 5.97. The van der Waals surface area contributed by atoms with Gasteiger partial charge in [-0.2, -0.15) is 0 Å².